The monoisotopic (exact) mass is 251 g/mol. The SMILES string of the molecule is NC(COP(=O)(O)O)COP(=O)(O)O. The Hall–Kier alpha value is 0.180. The molecule has 0 bridgehead atoms. The normalized spacial score (nSPS) is 13.6. The summed E-state index contributed by atoms with van der Waals surface area (Å²) in [7, 11) is -9.23. The largest absolute Gasteiger partial charge is 0.469 e. The lowest BCUT2D eigenvalue weighted by molar-refractivity contribution is 0.145. The summed E-state index contributed by atoms with van der Waals surface area (Å²) in [5, 5.41) is 0. The van der Waals surface area contributed by atoms with Gasteiger partial charge in [0.2, 0.25) is 0 Å². The van der Waals surface area contributed by atoms with E-state index < -0.39 is 34.9 Å². The van der Waals surface area contributed by atoms with Gasteiger partial charge in [0, 0.05) is 0 Å². The van der Waals surface area contributed by atoms with E-state index in [1.165, 1.54) is 0 Å². The third-order valence-corrected chi connectivity index (χ3v) is 1.88. The van der Waals surface area contributed by atoms with Crippen molar-refractivity contribution in [1.82, 2.24) is 0 Å². The van der Waals surface area contributed by atoms with Crippen LogP contribution in [0.5, 0.6) is 0 Å². The zero-order valence-corrected chi connectivity index (χ0v) is 8.67. The number of rotatable bonds is 6. The van der Waals surface area contributed by atoms with Gasteiger partial charge in [0.05, 0.1) is 19.3 Å². The van der Waals surface area contributed by atoms with E-state index in [-0.39, 0.29) is 0 Å². The first-order chi connectivity index (χ1) is 6.10. The van der Waals surface area contributed by atoms with Crippen LogP contribution in [0.3, 0.4) is 0 Å². The van der Waals surface area contributed by atoms with Crippen LogP contribution in [0.4, 0.5) is 0 Å². The topological polar surface area (TPSA) is 160 Å². The van der Waals surface area contributed by atoms with Gasteiger partial charge in [0.15, 0.2) is 0 Å². The molecule has 86 valence electrons. The highest BCUT2D eigenvalue weighted by atomic mass is 31.2. The molecule has 9 nitrogen and oxygen atoms in total. The number of phosphoric acid groups is 2. The Morgan fingerprint density at radius 1 is 1.00 bits per heavy atom. The van der Waals surface area contributed by atoms with Crippen molar-refractivity contribution in [2.24, 2.45) is 5.73 Å². The molecule has 0 amide bonds. The lowest BCUT2D eigenvalue weighted by Gasteiger charge is -2.12. The van der Waals surface area contributed by atoms with Crippen LogP contribution >= 0.6 is 15.6 Å². The standard InChI is InChI=1S/C3H11NO8P2/c4-3(1-11-13(5,6)7)2-12-14(8,9)10/h3H,1-2,4H2,(H2,5,6,7)(H2,8,9,10). The average molecular weight is 251 g/mol. The van der Waals surface area contributed by atoms with Crippen molar-refractivity contribution in [2.75, 3.05) is 13.2 Å². The quantitative estimate of drug-likeness (QED) is 0.355. The van der Waals surface area contributed by atoms with Crippen molar-refractivity contribution < 1.29 is 37.8 Å². The molecular weight excluding hydrogens is 240 g/mol. The Balaban J connectivity index is 3.73. The molecule has 0 unspecified atom stereocenters. The third kappa shape index (κ3) is 10.3. The molecule has 0 rings (SSSR count). The third-order valence-electron chi connectivity index (χ3n) is 0.914. The van der Waals surface area contributed by atoms with Gasteiger partial charge in [-0.15, -0.1) is 0 Å². The summed E-state index contributed by atoms with van der Waals surface area (Å²) in [6, 6.07) is -1.03. The molecule has 0 aliphatic carbocycles. The van der Waals surface area contributed by atoms with E-state index in [0.29, 0.717) is 0 Å². The molecule has 0 aliphatic rings. The van der Waals surface area contributed by atoms with E-state index in [1.54, 1.807) is 0 Å². The van der Waals surface area contributed by atoms with Gasteiger partial charge in [0.25, 0.3) is 0 Å². The van der Waals surface area contributed by atoms with Gasteiger partial charge in [0.1, 0.15) is 0 Å². The van der Waals surface area contributed by atoms with E-state index >= 15 is 0 Å². The maximum Gasteiger partial charge on any atom is 0.469 e. The van der Waals surface area contributed by atoms with Crippen LogP contribution in [0, 0.1) is 0 Å². The molecular formula is C3H11NO8P2. The van der Waals surface area contributed by atoms with Gasteiger partial charge >= 0.3 is 15.6 Å². The number of hydrogen-bond donors (Lipinski definition) is 5. The summed E-state index contributed by atoms with van der Waals surface area (Å²) in [4.78, 5) is 32.9. The Morgan fingerprint density at radius 3 is 1.50 bits per heavy atom. The van der Waals surface area contributed by atoms with Gasteiger partial charge in [-0.25, -0.2) is 9.13 Å². The summed E-state index contributed by atoms with van der Waals surface area (Å²) >= 11 is 0. The van der Waals surface area contributed by atoms with Gasteiger partial charge in [-0.2, -0.15) is 0 Å². The van der Waals surface area contributed by atoms with Crippen LogP contribution in [0.25, 0.3) is 0 Å². The second-order valence-electron chi connectivity index (χ2n) is 2.33. The first-order valence-electron chi connectivity index (χ1n) is 3.26. The van der Waals surface area contributed by atoms with Crippen molar-refractivity contribution in [2.45, 2.75) is 6.04 Å². The fraction of sp³-hybridized carbons (Fsp3) is 1.00. The number of nitrogens with two attached hydrogens (primary N) is 1. The highest BCUT2D eigenvalue weighted by Crippen LogP contribution is 2.37. The van der Waals surface area contributed by atoms with E-state index in [2.05, 4.69) is 9.05 Å². The van der Waals surface area contributed by atoms with Crippen LogP contribution < -0.4 is 5.73 Å². The lowest BCUT2D eigenvalue weighted by Crippen LogP contribution is -2.30. The summed E-state index contributed by atoms with van der Waals surface area (Å²) in [5.41, 5.74) is 5.15. The number of phosphoric ester groups is 2. The summed E-state index contributed by atoms with van der Waals surface area (Å²) in [5.74, 6) is 0. The lowest BCUT2D eigenvalue weighted by atomic mass is 10.4. The predicted molar refractivity (Wildman–Crippen MR) is 44.0 cm³/mol. The number of hydrogen-bond acceptors (Lipinski definition) is 5. The fourth-order valence-corrected chi connectivity index (χ4v) is 1.21. The van der Waals surface area contributed by atoms with Crippen molar-refractivity contribution in [3.05, 3.63) is 0 Å². The van der Waals surface area contributed by atoms with E-state index in [1.807, 2.05) is 0 Å². The van der Waals surface area contributed by atoms with E-state index in [4.69, 9.17) is 25.3 Å². The minimum Gasteiger partial charge on any atom is -0.324 e. The molecule has 0 aromatic rings. The molecule has 0 aliphatic heterocycles. The average Bonchev–Trinajstić information content (AvgIpc) is 1.94. The molecule has 14 heavy (non-hydrogen) atoms. The minimum atomic E-state index is -4.61. The van der Waals surface area contributed by atoms with Crippen LogP contribution in [0.1, 0.15) is 0 Å². The summed E-state index contributed by atoms with van der Waals surface area (Å²) in [6.45, 7) is -1.13. The summed E-state index contributed by atoms with van der Waals surface area (Å²) < 4.78 is 28.2. The molecule has 0 saturated carbocycles. The van der Waals surface area contributed by atoms with Gasteiger partial charge in [-0.3, -0.25) is 9.05 Å². The second kappa shape index (κ2) is 5.32. The molecule has 0 spiro atoms. The molecule has 0 fully saturated rings. The first-order valence-corrected chi connectivity index (χ1v) is 6.32. The molecule has 0 aromatic carbocycles. The zero-order chi connectivity index (χ0) is 11.4. The van der Waals surface area contributed by atoms with Crippen molar-refractivity contribution in [1.29, 1.82) is 0 Å². The van der Waals surface area contributed by atoms with Crippen molar-refractivity contribution in [3.8, 4) is 0 Å². The molecule has 11 heteroatoms. The minimum absolute atomic E-state index is 0.565. The Labute approximate surface area is 79.3 Å². The molecule has 6 N–H and O–H groups in total. The highest BCUT2D eigenvalue weighted by Gasteiger charge is 2.19. The molecule has 0 aromatic heterocycles. The summed E-state index contributed by atoms with van der Waals surface area (Å²) in [6.07, 6.45) is 0. The molecule has 0 atom stereocenters. The maximum absolute atomic E-state index is 10.2. The predicted octanol–water partition coefficient (Wildman–Crippen LogP) is -1.47. The second-order valence-corrected chi connectivity index (χ2v) is 4.81. The van der Waals surface area contributed by atoms with Gasteiger partial charge in [-0.05, 0) is 0 Å². The van der Waals surface area contributed by atoms with Gasteiger partial charge in [-0.1, -0.05) is 0 Å². The Bertz CT molecular complexity index is 229. The van der Waals surface area contributed by atoms with Crippen LogP contribution in [-0.2, 0) is 18.2 Å². The van der Waals surface area contributed by atoms with E-state index in [0.717, 1.165) is 0 Å². The van der Waals surface area contributed by atoms with Crippen molar-refractivity contribution >= 4 is 15.6 Å². The smallest absolute Gasteiger partial charge is 0.324 e. The zero-order valence-electron chi connectivity index (χ0n) is 6.89. The van der Waals surface area contributed by atoms with Crippen LogP contribution in [0.2, 0.25) is 0 Å². The maximum atomic E-state index is 10.2. The van der Waals surface area contributed by atoms with Crippen LogP contribution in [0.15, 0.2) is 0 Å². The Kier molecular flexibility index (Phi) is 5.38. The van der Waals surface area contributed by atoms with E-state index in [9.17, 15) is 9.13 Å². The fourth-order valence-electron chi connectivity index (χ4n) is 0.434. The Morgan fingerprint density at radius 2 is 1.29 bits per heavy atom. The highest BCUT2D eigenvalue weighted by molar-refractivity contribution is 7.46. The molecule has 0 heterocycles. The first kappa shape index (κ1) is 14.2. The van der Waals surface area contributed by atoms with Gasteiger partial charge < -0.3 is 25.3 Å². The molecule has 0 saturated heterocycles. The van der Waals surface area contributed by atoms with Crippen LogP contribution in [-0.4, -0.2) is 38.8 Å². The van der Waals surface area contributed by atoms with Crippen molar-refractivity contribution in [3.63, 3.8) is 0 Å². The molecule has 0 radical (unpaired) electrons.